The lowest BCUT2D eigenvalue weighted by atomic mass is 10.4. The van der Waals surface area contributed by atoms with E-state index in [0.717, 1.165) is 6.20 Å². The summed E-state index contributed by atoms with van der Waals surface area (Å²) in [4.78, 5) is 11.0. The molecular formula is C8H3ClF3N3S. The first-order valence-corrected chi connectivity index (χ1v) is 5.18. The van der Waals surface area contributed by atoms with Crippen LogP contribution in [0.25, 0.3) is 10.6 Å². The summed E-state index contributed by atoms with van der Waals surface area (Å²) >= 11 is 6.05. The van der Waals surface area contributed by atoms with Crippen LogP contribution in [0.3, 0.4) is 0 Å². The molecule has 0 atom stereocenters. The first-order valence-electron chi connectivity index (χ1n) is 3.99. The highest BCUT2D eigenvalue weighted by atomic mass is 35.5. The largest absolute Gasteiger partial charge is 0.443 e. The van der Waals surface area contributed by atoms with E-state index in [1.165, 1.54) is 12.3 Å². The summed E-state index contributed by atoms with van der Waals surface area (Å²) in [5.74, 6) is 0. The van der Waals surface area contributed by atoms with Gasteiger partial charge in [0.25, 0.3) is 0 Å². The number of aromatic nitrogens is 3. The van der Waals surface area contributed by atoms with E-state index in [1.807, 2.05) is 0 Å². The van der Waals surface area contributed by atoms with Gasteiger partial charge in [-0.25, -0.2) is 15.0 Å². The molecule has 0 spiro atoms. The van der Waals surface area contributed by atoms with Crippen LogP contribution in [-0.4, -0.2) is 15.0 Å². The van der Waals surface area contributed by atoms with Crippen LogP contribution in [-0.2, 0) is 6.18 Å². The quantitative estimate of drug-likeness (QED) is 0.743. The van der Waals surface area contributed by atoms with Crippen molar-refractivity contribution >= 4 is 22.9 Å². The summed E-state index contributed by atoms with van der Waals surface area (Å²) in [5.41, 5.74) is 0.327. The zero-order valence-electron chi connectivity index (χ0n) is 7.49. The standard InChI is InChI=1S/C8H3ClF3N3S/c9-7-13-2-1-4(15-7)5-3-14-6(16-5)8(10,11)12/h1-3H. The molecule has 8 heteroatoms. The van der Waals surface area contributed by atoms with Crippen molar-refractivity contribution < 1.29 is 13.2 Å². The minimum atomic E-state index is -4.43. The van der Waals surface area contributed by atoms with E-state index in [4.69, 9.17) is 11.6 Å². The fourth-order valence-electron chi connectivity index (χ4n) is 0.996. The molecule has 16 heavy (non-hydrogen) atoms. The molecule has 2 aromatic heterocycles. The van der Waals surface area contributed by atoms with Gasteiger partial charge in [0.05, 0.1) is 10.6 Å². The summed E-state index contributed by atoms with van der Waals surface area (Å²) in [6.45, 7) is 0. The van der Waals surface area contributed by atoms with Gasteiger partial charge in [-0.3, -0.25) is 0 Å². The fraction of sp³-hybridized carbons (Fsp3) is 0.125. The summed E-state index contributed by atoms with van der Waals surface area (Å²) in [7, 11) is 0. The number of thiazole rings is 1. The first-order chi connectivity index (χ1) is 7.47. The summed E-state index contributed by atoms with van der Waals surface area (Å²) in [6.07, 6.45) is -1.94. The van der Waals surface area contributed by atoms with E-state index >= 15 is 0 Å². The van der Waals surface area contributed by atoms with Gasteiger partial charge in [-0.05, 0) is 17.7 Å². The Balaban J connectivity index is 2.39. The molecule has 0 radical (unpaired) electrons. The van der Waals surface area contributed by atoms with Gasteiger partial charge in [-0.2, -0.15) is 13.2 Å². The second kappa shape index (κ2) is 3.99. The molecule has 3 nitrogen and oxygen atoms in total. The van der Waals surface area contributed by atoms with Gasteiger partial charge in [-0.1, -0.05) is 0 Å². The average molecular weight is 266 g/mol. The molecule has 0 fully saturated rings. The lowest BCUT2D eigenvalue weighted by Gasteiger charge is -1.99. The molecule has 0 aliphatic rings. The van der Waals surface area contributed by atoms with E-state index in [0.29, 0.717) is 21.9 Å². The topological polar surface area (TPSA) is 38.7 Å². The zero-order chi connectivity index (χ0) is 11.8. The molecule has 2 heterocycles. The maximum Gasteiger partial charge on any atom is 0.443 e. The van der Waals surface area contributed by atoms with Gasteiger partial charge in [0.15, 0.2) is 5.01 Å². The van der Waals surface area contributed by atoms with Gasteiger partial charge < -0.3 is 0 Å². The van der Waals surface area contributed by atoms with E-state index < -0.39 is 11.2 Å². The molecule has 2 aromatic rings. The van der Waals surface area contributed by atoms with Crippen molar-refractivity contribution in [1.82, 2.24) is 15.0 Å². The van der Waals surface area contributed by atoms with Crippen molar-refractivity contribution in [3.05, 3.63) is 28.8 Å². The lowest BCUT2D eigenvalue weighted by Crippen LogP contribution is -2.02. The molecular weight excluding hydrogens is 263 g/mol. The molecule has 0 unspecified atom stereocenters. The van der Waals surface area contributed by atoms with E-state index in [-0.39, 0.29) is 5.28 Å². The van der Waals surface area contributed by atoms with Crippen LogP contribution in [0.4, 0.5) is 13.2 Å². The molecule has 0 amide bonds. The number of alkyl halides is 3. The Morgan fingerprint density at radius 2 is 2.00 bits per heavy atom. The predicted molar refractivity (Wildman–Crippen MR) is 53.2 cm³/mol. The Morgan fingerprint density at radius 1 is 1.25 bits per heavy atom. The van der Waals surface area contributed by atoms with Crippen molar-refractivity contribution in [3.63, 3.8) is 0 Å². The monoisotopic (exact) mass is 265 g/mol. The third-order valence-corrected chi connectivity index (χ3v) is 2.87. The number of hydrogen-bond donors (Lipinski definition) is 0. The van der Waals surface area contributed by atoms with Gasteiger partial charge in [0.1, 0.15) is 0 Å². The minimum Gasteiger partial charge on any atom is -0.240 e. The molecule has 84 valence electrons. The van der Waals surface area contributed by atoms with Crippen LogP contribution in [0.1, 0.15) is 5.01 Å². The lowest BCUT2D eigenvalue weighted by molar-refractivity contribution is -0.137. The second-order valence-corrected chi connectivity index (χ2v) is 4.11. The van der Waals surface area contributed by atoms with Crippen LogP contribution in [0.15, 0.2) is 18.5 Å². The summed E-state index contributed by atoms with van der Waals surface area (Å²) in [6, 6.07) is 1.47. The average Bonchev–Trinajstić information content (AvgIpc) is 2.65. The predicted octanol–water partition coefficient (Wildman–Crippen LogP) is 3.27. The van der Waals surface area contributed by atoms with Crippen molar-refractivity contribution in [3.8, 4) is 10.6 Å². The Hall–Kier alpha value is -1.21. The first kappa shape index (κ1) is 11.3. The van der Waals surface area contributed by atoms with E-state index in [2.05, 4.69) is 15.0 Å². The highest BCUT2D eigenvalue weighted by Gasteiger charge is 2.34. The van der Waals surface area contributed by atoms with Crippen LogP contribution < -0.4 is 0 Å². The third kappa shape index (κ3) is 2.30. The highest BCUT2D eigenvalue weighted by molar-refractivity contribution is 7.15. The van der Waals surface area contributed by atoms with Gasteiger partial charge in [0.2, 0.25) is 5.28 Å². The maximum absolute atomic E-state index is 12.3. The van der Waals surface area contributed by atoms with Gasteiger partial charge in [0, 0.05) is 12.4 Å². The molecule has 2 rings (SSSR count). The van der Waals surface area contributed by atoms with Crippen LogP contribution >= 0.6 is 22.9 Å². The molecule has 0 aliphatic heterocycles. The van der Waals surface area contributed by atoms with Crippen molar-refractivity contribution in [2.45, 2.75) is 6.18 Å². The van der Waals surface area contributed by atoms with Crippen LogP contribution in [0, 0.1) is 0 Å². The molecule has 0 aromatic carbocycles. The number of rotatable bonds is 1. The van der Waals surface area contributed by atoms with Gasteiger partial charge >= 0.3 is 6.18 Å². The molecule has 0 N–H and O–H groups in total. The Bertz CT molecular complexity index is 511. The number of nitrogens with zero attached hydrogens (tertiary/aromatic N) is 3. The highest BCUT2D eigenvalue weighted by Crippen LogP contribution is 2.35. The summed E-state index contributed by atoms with van der Waals surface area (Å²) < 4.78 is 36.9. The second-order valence-electron chi connectivity index (χ2n) is 2.74. The molecule has 0 aliphatic carbocycles. The smallest absolute Gasteiger partial charge is 0.240 e. The fourth-order valence-corrected chi connectivity index (χ4v) is 1.90. The number of hydrogen-bond acceptors (Lipinski definition) is 4. The third-order valence-electron chi connectivity index (χ3n) is 1.63. The van der Waals surface area contributed by atoms with E-state index in [1.54, 1.807) is 0 Å². The normalized spacial score (nSPS) is 11.8. The van der Waals surface area contributed by atoms with Crippen molar-refractivity contribution in [2.75, 3.05) is 0 Å². The minimum absolute atomic E-state index is 0.0144. The van der Waals surface area contributed by atoms with Crippen LogP contribution in [0.2, 0.25) is 5.28 Å². The zero-order valence-corrected chi connectivity index (χ0v) is 9.07. The SMILES string of the molecule is FC(F)(F)c1ncc(-c2ccnc(Cl)n2)s1. The Kier molecular flexibility index (Phi) is 2.81. The number of halogens is 4. The molecule has 0 saturated carbocycles. The van der Waals surface area contributed by atoms with Crippen molar-refractivity contribution in [1.29, 1.82) is 0 Å². The van der Waals surface area contributed by atoms with Gasteiger partial charge in [-0.15, -0.1) is 11.3 Å². The Morgan fingerprint density at radius 3 is 2.56 bits per heavy atom. The molecule has 0 bridgehead atoms. The maximum atomic E-state index is 12.3. The summed E-state index contributed by atoms with van der Waals surface area (Å²) in [5, 5.41) is -0.920. The van der Waals surface area contributed by atoms with E-state index in [9.17, 15) is 13.2 Å². The van der Waals surface area contributed by atoms with Crippen molar-refractivity contribution in [2.24, 2.45) is 0 Å². The Labute approximate surface area is 97.0 Å². The van der Waals surface area contributed by atoms with Crippen LogP contribution in [0.5, 0.6) is 0 Å². The molecule has 0 saturated heterocycles.